The first-order valence-corrected chi connectivity index (χ1v) is 7.60. The molecule has 0 aliphatic rings. The molecule has 1 aromatic heterocycles. The zero-order chi connectivity index (χ0) is 17.5. The summed E-state index contributed by atoms with van der Waals surface area (Å²) in [7, 11) is 3.02. The number of hydrogen-bond donors (Lipinski definition) is 2. The first-order chi connectivity index (χ1) is 11.6. The largest absolute Gasteiger partial charge is 0.481 e. The van der Waals surface area contributed by atoms with E-state index in [1.165, 1.54) is 14.2 Å². The molecule has 1 amide bonds. The molecule has 0 fully saturated rings. The maximum atomic E-state index is 12.3. The quantitative estimate of drug-likeness (QED) is 0.801. The minimum absolute atomic E-state index is 0.0991. The van der Waals surface area contributed by atoms with Gasteiger partial charge in [-0.1, -0.05) is 19.1 Å². The molecular formula is C17H21N3O4. The van der Waals surface area contributed by atoms with Gasteiger partial charge >= 0.3 is 0 Å². The summed E-state index contributed by atoms with van der Waals surface area (Å²) >= 11 is 0. The number of nitrogens with one attached hydrogen (secondary N) is 1. The lowest BCUT2D eigenvalue weighted by atomic mass is 10.1. The minimum Gasteiger partial charge on any atom is -0.481 e. The molecule has 128 valence electrons. The summed E-state index contributed by atoms with van der Waals surface area (Å²) in [5, 5.41) is 12.0. The fraction of sp³-hybridized carbons (Fsp3) is 0.353. The van der Waals surface area contributed by atoms with Gasteiger partial charge in [-0.15, -0.1) is 0 Å². The highest BCUT2D eigenvalue weighted by Crippen LogP contribution is 2.23. The van der Waals surface area contributed by atoms with Crippen LogP contribution in [0.5, 0.6) is 11.8 Å². The van der Waals surface area contributed by atoms with Crippen LogP contribution in [0.25, 0.3) is 11.4 Å². The molecule has 24 heavy (non-hydrogen) atoms. The van der Waals surface area contributed by atoms with E-state index in [0.717, 1.165) is 0 Å². The van der Waals surface area contributed by atoms with Crippen molar-refractivity contribution in [1.82, 2.24) is 15.3 Å². The van der Waals surface area contributed by atoms with Crippen LogP contribution >= 0.6 is 0 Å². The van der Waals surface area contributed by atoms with Gasteiger partial charge in [0.15, 0.2) is 5.82 Å². The van der Waals surface area contributed by atoms with Gasteiger partial charge < -0.3 is 19.9 Å². The van der Waals surface area contributed by atoms with Crippen LogP contribution < -0.4 is 14.8 Å². The number of hydrogen-bond acceptors (Lipinski definition) is 6. The number of benzene rings is 1. The Labute approximate surface area is 140 Å². The number of aliphatic hydroxyl groups excluding tert-OH is 1. The van der Waals surface area contributed by atoms with Crippen molar-refractivity contribution in [3.05, 3.63) is 35.9 Å². The zero-order valence-electron chi connectivity index (χ0n) is 13.9. The Bertz CT molecular complexity index is 680. The molecule has 2 rings (SSSR count). The van der Waals surface area contributed by atoms with E-state index in [2.05, 4.69) is 15.3 Å². The van der Waals surface area contributed by atoms with E-state index in [9.17, 15) is 9.90 Å². The van der Waals surface area contributed by atoms with Gasteiger partial charge in [-0.3, -0.25) is 4.79 Å². The standard InChI is InChI=1S/C17H21N3O4/c1-4-13(10-21)18-17(22)12-7-5-6-11(8-12)16-19-14(23-2)9-15(20-16)24-3/h5-9,13,21H,4,10H2,1-3H3,(H,18,22)/t13-/m1/s1. The highest BCUT2D eigenvalue weighted by molar-refractivity contribution is 5.95. The number of carbonyl (C=O) groups excluding carboxylic acids is 1. The molecule has 0 unspecified atom stereocenters. The number of carbonyl (C=O) groups is 1. The third kappa shape index (κ3) is 4.20. The molecule has 0 bridgehead atoms. The number of amides is 1. The molecule has 1 heterocycles. The second-order valence-electron chi connectivity index (χ2n) is 5.12. The van der Waals surface area contributed by atoms with Crippen LogP contribution in [0.1, 0.15) is 23.7 Å². The van der Waals surface area contributed by atoms with Crippen molar-refractivity contribution in [2.45, 2.75) is 19.4 Å². The summed E-state index contributed by atoms with van der Waals surface area (Å²) in [6.07, 6.45) is 0.651. The average Bonchev–Trinajstić information content (AvgIpc) is 2.65. The zero-order valence-corrected chi connectivity index (χ0v) is 13.9. The Kier molecular flexibility index (Phi) is 6.08. The normalized spacial score (nSPS) is 11.7. The lowest BCUT2D eigenvalue weighted by Crippen LogP contribution is -2.36. The van der Waals surface area contributed by atoms with Gasteiger partial charge in [0.05, 0.1) is 32.9 Å². The van der Waals surface area contributed by atoms with Crippen LogP contribution in [0.2, 0.25) is 0 Å². The molecule has 2 aromatic rings. The molecule has 7 heteroatoms. The van der Waals surface area contributed by atoms with Crippen LogP contribution in [0, 0.1) is 0 Å². The molecular weight excluding hydrogens is 310 g/mol. The van der Waals surface area contributed by atoms with E-state index < -0.39 is 0 Å². The van der Waals surface area contributed by atoms with Gasteiger partial charge in [-0.05, 0) is 18.6 Å². The average molecular weight is 331 g/mol. The van der Waals surface area contributed by atoms with E-state index in [1.807, 2.05) is 6.92 Å². The monoisotopic (exact) mass is 331 g/mol. The lowest BCUT2D eigenvalue weighted by Gasteiger charge is -2.14. The Morgan fingerprint density at radius 3 is 2.42 bits per heavy atom. The van der Waals surface area contributed by atoms with Crippen molar-refractivity contribution in [2.75, 3.05) is 20.8 Å². The van der Waals surface area contributed by atoms with Gasteiger partial charge in [0.1, 0.15) is 0 Å². The molecule has 0 spiro atoms. The predicted octanol–water partition coefficient (Wildman–Crippen LogP) is 1.66. The summed E-state index contributed by atoms with van der Waals surface area (Å²) < 4.78 is 10.3. The lowest BCUT2D eigenvalue weighted by molar-refractivity contribution is 0.0915. The Morgan fingerprint density at radius 2 is 1.88 bits per heavy atom. The molecule has 1 atom stereocenters. The van der Waals surface area contributed by atoms with E-state index in [4.69, 9.17) is 9.47 Å². The first-order valence-electron chi connectivity index (χ1n) is 7.60. The molecule has 7 nitrogen and oxygen atoms in total. The Hall–Kier alpha value is -2.67. The maximum absolute atomic E-state index is 12.3. The fourth-order valence-electron chi connectivity index (χ4n) is 2.09. The Balaban J connectivity index is 2.32. The number of methoxy groups -OCH3 is 2. The highest BCUT2D eigenvalue weighted by atomic mass is 16.5. The van der Waals surface area contributed by atoms with Gasteiger partial charge in [0.2, 0.25) is 11.8 Å². The van der Waals surface area contributed by atoms with Crippen LogP contribution in [-0.4, -0.2) is 47.8 Å². The number of aromatic nitrogens is 2. The number of nitrogens with zero attached hydrogens (tertiary/aromatic N) is 2. The summed E-state index contributed by atoms with van der Waals surface area (Å²) in [5.74, 6) is 0.888. The summed E-state index contributed by atoms with van der Waals surface area (Å²) in [4.78, 5) is 20.8. The van der Waals surface area contributed by atoms with Crippen molar-refractivity contribution in [1.29, 1.82) is 0 Å². The van der Waals surface area contributed by atoms with Crippen LogP contribution in [-0.2, 0) is 0 Å². The summed E-state index contributed by atoms with van der Waals surface area (Å²) in [6, 6.07) is 8.24. The van der Waals surface area contributed by atoms with Crippen molar-refractivity contribution in [2.24, 2.45) is 0 Å². The SMILES string of the molecule is CC[C@H](CO)NC(=O)c1cccc(-c2nc(OC)cc(OC)n2)c1. The van der Waals surface area contributed by atoms with E-state index in [0.29, 0.717) is 35.1 Å². The van der Waals surface area contributed by atoms with Gasteiger partial charge in [-0.25, -0.2) is 0 Å². The fourth-order valence-corrected chi connectivity index (χ4v) is 2.09. The van der Waals surface area contributed by atoms with Gasteiger partial charge in [0.25, 0.3) is 5.91 Å². The van der Waals surface area contributed by atoms with E-state index >= 15 is 0 Å². The van der Waals surface area contributed by atoms with E-state index in [-0.39, 0.29) is 18.6 Å². The maximum Gasteiger partial charge on any atom is 0.251 e. The molecule has 0 aliphatic carbocycles. The first kappa shape index (κ1) is 17.7. The topological polar surface area (TPSA) is 93.6 Å². The van der Waals surface area contributed by atoms with Gasteiger partial charge in [-0.2, -0.15) is 9.97 Å². The number of ether oxygens (including phenoxy) is 2. The molecule has 0 saturated carbocycles. The second kappa shape index (κ2) is 8.26. The molecule has 2 N–H and O–H groups in total. The van der Waals surface area contributed by atoms with Crippen molar-refractivity contribution in [3.8, 4) is 23.1 Å². The van der Waals surface area contributed by atoms with E-state index in [1.54, 1.807) is 30.3 Å². The predicted molar refractivity (Wildman–Crippen MR) is 89.2 cm³/mol. The molecule has 0 saturated heterocycles. The van der Waals surface area contributed by atoms with Crippen molar-refractivity contribution >= 4 is 5.91 Å². The minimum atomic E-state index is -0.269. The molecule has 0 radical (unpaired) electrons. The van der Waals surface area contributed by atoms with Crippen LogP contribution in [0.3, 0.4) is 0 Å². The second-order valence-corrected chi connectivity index (χ2v) is 5.12. The smallest absolute Gasteiger partial charge is 0.251 e. The summed E-state index contributed by atoms with van der Waals surface area (Å²) in [6.45, 7) is 1.80. The highest BCUT2D eigenvalue weighted by Gasteiger charge is 2.14. The Morgan fingerprint density at radius 1 is 1.21 bits per heavy atom. The number of rotatable bonds is 7. The van der Waals surface area contributed by atoms with Crippen molar-refractivity contribution in [3.63, 3.8) is 0 Å². The molecule has 0 aliphatic heterocycles. The van der Waals surface area contributed by atoms with Gasteiger partial charge in [0, 0.05) is 11.1 Å². The molecule has 1 aromatic carbocycles. The third-order valence-electron chi connectivity index (χ3n) is 3.53. The number of aliphatic hydroxyl groups is 1. The van der Waals surface area contributed by atoms with Crippen LogP contribution in [0.15, 0.2) is 30.3 Å². The third-order valence-corrected chi connectivity index (χ3v) is 3.53. The van der Waals surface area contributed by atoms with Crippen molar-refractivity contribution < 1.29 is 19.4 Å². The summed E-state index contributed by atoms with van der Waals surface area (Å²) in [5.41, 5.74) is 1.13. The van der Waals surface area contributed by atoms with Crippen LogP contribution in [0.4, 0.5) is 0 Å².